The lowest BCUT2D eigenvalue weighted by Crippen LogP contribution is -2.51. The summed E-state index contributed by atoms with van der Waals surface area (Å²) in [6, 6.07) is 20.9. The van der Waals surface area contributed by atoms with Gasteiger partial charge in [-0.25, -0.2) is 4.98 Å². The number of nitrogens with one attached hydrogen (secondary N) is 3. The van der Waals surface area contributed by atoms with Gasteiger partial charge in [0.2, 0.25) is 18.2 Å². The average Bonchev–Trinajstić information content (AvgIpc) is 3.07. The minimum atomic E-state index is -0.642. The Hall–Kier alpha value is -4.35. The third kappa shape index (κ3) is 16.8. The summed E-state index contributed by atoms with van der Waals surface area (Å²) in [4.78, 5) is 50.3. The molecule has 1 saturated carbocycles. The van der Waals surface area contributed by atoms with E-state index < -0.39 is 12.0 Å². The fourth-order valence-electron chi connectivity index (χ4n) is 5.82. The van der Waals surface area contributed by atoms with Crippen LogP contribution in [0.25, 0.3) is 10.9 Å². The first-order chi connectivity index (χ1) is 23.7. The van der Waals surface area contributed by atoms with E-state index in [0.29, 0.717) is 13.0 Å². The number of fused-ring (bicyclic) bond motifs is 2. The first kappa shape index (κ1) is 41.8. The second kappa shape index (κ2) is 21.7. The molecule has 2 aromatic carbocycles. The van der Waals surface area contributed by atoms with Crippen molar-refractivity contribution in [2.75, 3.05) is 26.2 Å². The number of pyridine rings is 1. The van der Waals surface area contributed by atoms with E-state index in [1.54, 1.807) is 6.07 Å². The summed E-state index contributed by atoms with van der Waals surface area (Å²) in [5, 5.41) is 19.6. The second-order valence-corrected chi connectivity index (χ2v) is 14.1. The summed E-state index contributed by atoms with van der Waals surface area (Å²) < 4.78 is 0. The number of hydrogen-bond donors (Lipinski definition) is 5. The maximum absolute atomic E-state index is 12.4. The minimum Gasteiger partial charge on any atom is -0.390 e. The second-order valence-electron chi connectivity index (χ2n) is 14.1. The van der Waals surface area contributed by atoms with Gasteiger partial charge in [0.1, 0.15) is 5.69 Å². The van der Waals surface area contributed by atoms with E-state index in [-0.39, 0.29) is 35.6 Å². The number of carbonyl (C=O) groups is 4. The van der Waals surface area contributed by atoms with Crippen molar-refractivity contribution in [3.8, 4) is 0 Å². The maximum atomic E-state index is 12.4. The van der Waals surface area contributed by atoms with Gasteiger partial charge in [-0.1, -0.05) is 79.4 Å². The lowest BCUT2D eigenvalue weighted by molar-refractivity contribution is -0.121. The quantitative estimate of drug-likeness (QED) is 0.219. The third-order valence-corrected chi connectivity index (χ3v) is 8.46. The zero-order valence-electron chi connectivity index (χ0n) is 30.7. The molecule has 2 fully saturated rings. The minimum absolute atomic E-state index is 0.0677. The predicted molar refractivity (Wildman–Crippen MR) is 199 cm³/mol. The SMILES string of the molecule is CC(C)(C)NC=O.CC(N)=O.CC(NC(=O)CNC(=O)c1ccc2ccccc2n1)[C@H](O)CN1CC[C@@H]2CCCC[C@@H]2C1.Cc1ccccc1. The monoisotopic (exact) mass is 690 g/mol. The molecule has 2 heterocycles. The Morgan fingerprint density at radius 1 is 0.980 bits per heavy atom. The van der Waals surface area contributed by atoms with Crippen molar-refractivity contribution in [2.24, 2.45) is 17.6 Å². The van der Waals surface area contributed by atoms with Crippen molar-refractivity contribution in [3.63, 3.8) is 0 Å². The Labute approximate surface area is 297 Å². The molecule has 0 spiro atoms. The summed E-state index contributed by atoms with van der Waals surface area (Å²) in [6.45, 7) is 13.5. The molecule has 1 aliphatic heterocycles. The highest BCUT2D eigenvalue weighted by molar-refractivity contribution is 5.96. The number of aliphatic hydroxyl groups excluding tert-OH is 1. The van der Waals surface area contributed by atoms with Gasteiger partial charge in [-0.2, -0.15) is 0 Å². The summed E-state index contributed by atoms with van der Waals surface area (Å²) in [5.74, 6) is 0.564. The number of nitrogens with zero attached hydrogens (tertiary/aromatic N) is 2. The van der Waals surface area contributed by atoms with Gasteiger partial charge in [0.25, 0.3) is 5.91 Å². The number of benzene rings is 2. The summed E-state index contributed by atoms with van der Waals surface area (Å²) in [6.07, 6.45) is 6.62. The normalized spacial score (nSPS) is 18.1. The number of piperidine rings is 1. The largest absolute Gasteiger partial charge is 0.390 e. The average molecular weight is 691 g/mol. The number of nitrogens with two attached hydrogens (primary N) is 1. The lowest BCUT2D eigenvalue weighted by Gasteiger charge is -2.42. The number of carbonyl (C=O) groups excluding carboxylic acids is 4. The molecule has 1 unspecified atom stereocenters. The highest BCUT2D eigenvalue weighted by Crippen LogP contribution is 2.36. The van der Waals surface area contributed by atoms with Gasteiger partial charge in [-0.15, -0.1) is 0 Å². The van der Waals surface area contributed by atoms with Gasteiger partial charge < -0.3 is 31.7 Å². The van der Waals surface area contributed by atoms with Crippen LogP contribution in [-0.2, 0) is 14.4 Å². The number of rotatable bonds is 8. The van der Waals surface area contributed by atoms with E-state index in [9.17, 15) is 24.3 Å². The number of aliphatic hydroxyl groups is 1. The van der Waals surface area contributed by atoms with Gasteiger partial charge in [-0.05, 0) is 78.0 Å². The highest BCUT2D eigenvalue weighted by Gasteiger charge is 2.32. The standard InChI is InChI=1S/C25H34N4O3.C7H8.C5H11NO.C2H5NO/c1-17(23(30)16-29-13-12-18-6-2-3-8-20(18)15-29)27-24(31)14-26-25(32)22-11-10-19-7-4-5-9-21(19)28-22;1-7-5-3-2-4-6-7;1-5(2,3)6-4-7;1-2(3)4/h4-5,7,9-11,17-18,20,23,30H,2-3,6,8,12-16H2,1H3,(H,26,32)(H,27,31);2-6H,1H3;4H,1-3H3,(H,6,7);1H3,(H2,3,4)/t17?,18-,20+,23+;;;/m0.../s1. The molecule has 11 heteroatoms. The number of β-amino-alcohol motifs (C(OH)–C–C–N with tert-alkyl or cyclic N) is 1. The number of likely N-dealkylation sites (tertiary alicyclic amines) is 1. The molecular weight excluding hydrogens is 632 g/mol. The van der Waals surface area contributed by atoms with E-state index in [1.807, 2.05) is 76.2 Å². The number of hydrogen-bond acceptors (Lipinski definition) is 7. The molecule has 4 atom stereocenters. The molecule has 6 N–H and O–H groups in total. The van der Waals surface area contributed by atoms with Crippen molar-refractivity contribution >= 4 is 35.0 Å². The van der Waals surface area contributed by atoms with Gasteiger partial charge in [0, 0.05) is 30.9 Å². The van der Waals surface area contributed by atoms with E-state index in [4.69, 9.17) is 0 Å². The third-order valence-electron chi connectivity index (χ3n) is 8.46. The van der Waals surface area contributed by atoms with Crippen molar-refractivity contribution in [1.29, 1.82) is 0 Å². The molecule has 1 saturated heterocycles. The number of amides is 4. The van der Waals surface area contributed by atoms with Crippen LogP contribution < -0.4 is 21.7 Å². The van der Waals surface area contributed by atoms with Gasteiger partial charge in [-0.3, -0.25) is 19.2 Å². The Kier molecular flexibility index (Phi) is 18.1. The summed E-state index contributed by atoms with van der Waals surface area (Å²) >= 11 is 0. The van der Waals surface area contributed by atoms with E-state index in [1.165, 1.54) is 44.6 Å². The molecule has 2 aliphatic rings. The predicted octanol–water partition coefficient (Wildman–Crippen LogP) is 4.36. The maximum Gasteiger partial charge on any atom is 0.270 e. The zero-order chi connectivity index (χ0) is 37.1. The van der Waals surface area contributed by atoms with E-state index in [2.05, 4.69) is 50.6 Å². The zero-order valence-corrected chi connectivity index (χ0v) is 30.7. The van der Waals surface area contributed by atoms with Crippen molar-refractivity contribution < 1.29 is 24.3 Å². The summed E-state index contributed by atoms with van der Waals surface area (Å²) in [7, 11) is 0. The molecule has 0 radical (unpaired) electrons. The highest BCUT2D eigenvalue weighted by atomic mass is 16.3. The molecule has 50 heavy (non-hydrogen) atoms. The van der Waals surface area contributed by atoms with Crippen LogP contribution in [0.3, 0.4) is 0 Å². The van der Waals surface area contributed by atoms with Crippen molar-refractivity contribution in [1.82, 2.24) is 25.8 Å². The molecule has 4 amide bonds. The Morgan fingerprint density at radius 2 is 1.60 bits per heavy atom. The first-order valence-corrected chi connectivity index (χ1v) is 17.5. The van der Waals surface area contributed by atoms with Crippen LogP contribution in [0.2, 0.25) is 0 Å². The Balaban J connectivity index is 0.000000393. The molecule has 3 aromatic rings. The Morgan fingerprint density at radius 3 is 2.18 bits per heavy atom. The van der Waals surface area contributed by atoms with Crippen LogP contribution in [0.1, 0.15) is 82.8 Å². The fourth-order valence-corrected chi connectivity index (χ4v) is 5.82. The molecule has 0 bridgehead atoms. The summed E-state index contributed by atoms with van der Waals surface area (Å²) in [5.41, 5.74) is 6.73. The lowest BCUT2D eigenvalue weighted by atomic mass is 9.75. The number of para-hydroxylation sites is 1. The molecule has 274 valence electrons. The Bertz CT molecular complexity index is 1470. The van der Waals surface area contributed by atoms with Crippen molar-refractivity contribution in [2.45, 2.75) is 91.3 Å². The van der Waals surface area contributed by atoms with Gasteiger partial charge >= 0.3 is 0 Å². The van der Waals surface area contributed by atoms with Crippen LogP contribution >= 0.6 is 0 Å². The van der Waals surface area contributed by atoms with Crippen molar-refractivity contribution in [3.05, 3.63) is 78.0 Å². The van der Waals surface area contributed by atoms with Gasteiger partial charge in [0.05, 0.1) is 24.2 Å². The smallest absolute Gasteiger partial charge is 0.270 e. The van der Waals surface area contributed by atoms with E-state index >= 15 is 0 Å². The van der Waals surface area contributed by atoms with Gasteiger partial charge in [0.15, 0.2) is 0 Å². The fraction of sp³-hybridized carbons (Fsp3) is 0.513. The molecule has 1 aromatic heterocycles. The molecule has 11 nitrogen and oxygen atoms in total. The molecular formula is C39H58N6O5. The molecule has 1 aliphatic carbocycles. The number of primary amides is 1. The van der Waals surface area contributed by atoms with Crippen LogP contribution in [0, 0.1) is 18.8 Å². The van der Waals surface area contributed by atoms with Crippen LogP contribution in [0.4, 0.5) is 0 Å². The van der Waals surface area contributed by atoms with Crippen LogP contribution in [0.15, 0.2) is 66.7 Å². The molecule has 5 rings (SSSR count). The van der Waals surface area contributed by atoms with E-state index in [0.717, 1.165) is 35.8 Å². The number of aromatic nitrogens is 1. The topological polar surface area (TPSA) is 167 Å². The van der Waals surface area contributed by atoms with Crippen LogP contribution in [-0.4, -0.2) is 83.0 Å². The number of aryl methyl sites for hydroxylation is 1. The van der Waals surface area contributed by atoms with Crippen LogP contribution in [0.5, 0.6) is 0 Å². The first-order valence-electron chi connectivity index (χ1n) is 17.5.